The molecule has 2 aromatic rings. The maximum Gasteiger partial charge on any atom is 0.127 e. The minimum atomic E-state index is 0.307. The summed E-state index contributed by atoms with van der Waals surface area (Å²) in [5, 5.41) is 22.4. The fraction of sp³-hybridized carbons (Fsp3) is 0.500. The van der Waals surface area contributed by atoms with Crippen LogP contribution < -0.4 is 0 Å². The van der Waals surface area contributed by atoms with Gasteiger partial charge in [0.25, 0.3) is 0 Å². The number of unbranched alkanes of at least 4 members (excludes halogenated alkanes) is 2. The normalized spacial score (nSPS) is 12.7. The van der Waals surface area contributed by atoms with Crippen molar-refractivity contribution in [3.05, 3.63) is 35.4 Å². The molecule has 0 bridgehead atoms. The van der Waals surface area contributed by atoms with Gasteiger partial charge in [-0.1, -0.05) is 63.8 Å². The Bertz CT molecular complexity index is 631. The van der Waals surface area contributed by atoms with Gasteiger partial charge in [0.15, 0.2) is 0 Å². The second-order valence-corrected chi connectivity index (χ2v) is 6.49. The summed E-state index contributed by atoms with van der Waals surface area (Å²) in [5.74, 6) is 1.30. The number of benzene rings is 2. The summed E-state index contributed by atoms with van der Waals surface area (Å²) in [6, 6.07) is 7.51. The fourth-order valence-corrected chi connectivity index (χ4v) is 3.16. The van der Waals surface area contributed by atoms with Crippen LogP contribution in [0.3, 0.4) is 0 Å². The summed E-state index contributed by atoms with van der Waals surface area (Å²) in [7, 11) is 0. The van der Waals surface area contributed by atoms with Crippen LogP contribution in [0.1, 0.15) is 57.1 Å². The van der Waals surface area contributed by atoms with Gasteiger partial charge in [0.1, 0.15) is 11.5 Å². The molecule has 0 aliphatic carbocycles. The molecule has 2 heteroatoms. The average molecular weight is 300 g/mol. The van der Waals surface area contributed by atoms with E-state index in [0.717, 1.165) is 34.7 Å². The summed E-state index contributed by atoms with van der Waals surface area (Å²) < 4.78 is 0. The van der Waals surface area contributed by atoms with E-state index >= 15 is 0 Å². The van der Waals surface area contributed by atoms with Gasteiger partial charge in [0.2, 0.25) is 0 Å². The summed E-state index contributed by atoms with van der Waals surface area (Å²) in [4.78, 5) is 0. The summed E-state index contributed by atoms with van der Waals surface area (Å²) in [6.07, 6.45) is 6.95. The highest BCUT2D eigenvalue weighted by molar-refractivity contribution is 5.95. The van der Waals surface area contributed by atoms with Crippen molar-refractivity contribution in [3.8, 4) is 11.5 Å². The zero-order valence-corrected chi connectivity index (χ0v) is 14.0. The molecule has 0 aliphatic rings. The molecular formula is C20H28O2. The number of rotatable bonds is 7. The topological polar surface area (TPSA) is 40.5 Å². The van der Waals surface area contributed by atoms with Crippen LogP contribution in [-0.2, 0) is 6.42 Å². The molecule has 0 heterocycles. The van der Waals surface area contributed by atoms with Crippen LogP contribution in [0.15, 0.2) is 24.3 Å². The van der Waals surface area contributed by atoms with E-state index in [1.165, 1.54) is 25.7 Å². The Labute approximate surface area is 133 Å². The van der Waals surface area contributed by atoms with Gasteiger partial charge in [0, 0.05) is 16.3 Å². The maximum absolute atomic E-state index is 10.6. The standard InChI is InChI=1S/C20H28O2/c1-4-5-6-9-14(2)12-13-16-15(3)19(21)17-10-7-8-11-18(17)20(16)22/h7-8,10-11,14,21-22H,4-6,9,12-13H2,1-3H3/t14-/m1/s1. The van der Waals surface area contributed by atoms with E-state index in [9.17, 15) is 10.2 Å². The van der Waals surface area contributed by atoms with Gasteiger partial charge < -0.3 is 10.2 Å². The summed E-state index contributed by atoms with van der Waals surface area (Å²) >= 11 is 0. The average Bonchev–Trinajstić information content (AvgIpc) is 2.53. The minimum Gasteiger partial charge on any atom is -0.507 e. The molecule has 0 amide bonds. The Morgan fingerprint density at radius 2 is 1.59 bits per heavy atom. The number of phenols is 2. The maximum atomic E-state index is 10.6. The molecule has 0 fully saturated rings. The smallest absolute Gasteiger partial charge is 0.127 e. The second kappa shape index (κ2) is 7.53. The zero-order chi connectivity index (χ0) is 16.1. The molecule has 2 nitrogen and oxygen atoms in total. The SMILES string of the molecule is CCCCC[C@@H](C)CCc1c(C)c(O)c2ccccc2c1O. The van der Waals surface area contributed by atoms with E-state index in [1.54, 1.807) is 0 Å². The molecule has 120 valence electrons. The van der Waals surface area contributed by atoms with E-state index in [4.69, 9.17) is 0 Å². The summed E-state index contributed by atoms with van der Waals surface area (Å²) in [6.45, 7) is 6.41. The molecule has 2 N–H and O–H groups in total. The largest absolute Gasteiger partial charge is 0.507 e. The zero-order valence-electron chi connectivity index (χ0n) is 14.0. The quantitative estimate of drug-likeness (QED) is 0.508. The Kier molecular flexibility index (Phi) is 5.70. The van der Waals surface area contributed by atoms with E-state index in [0.29, 0.717) is 17.4 Å². The lowest BCUT2D eigenvalue weighted by molar-refractivity contribution is 0.441. The van der Waals surface area contributed by atoms with Crippen molar-refractivity contribution in [3.63, 3.8) is 0 Å². The molecule has 0 radical (unpaired) electrons. The molecule has 1 atom stereocenters. The van der Waals surface area contributed by atoms with Crippen LogP contribution in [-0.4, -0.2) is 10.2 Å². The van der Waals surface area contributed by atoms with E-state index in [-0.39, 0.29) is 0 Å². The lowest BCUT2D eigenvalue weighted by Gasteiger charge is -2.16. The second-order valence-electron chi connectivity index (χ2n) is 6.49. The Balaban J connectivity index is 2.17. The molecule has 0 spiro atoms. The highest BCUT2D eigenvalue weighted by Crippen LogP contribution is 2.39. The predicted molar refractivity (Wildman–Crippen MR) is 93.6 cm³/mol. The first-order valence-corrected chi connectivity index (χ1v) is 8.48. The molecule has 0 unspecified atom stereocenters. The monoisotopic (exact) mass is 300 g/mol. The molecular weight excluding hydrogens is 272 g/mol. The minimum absolute atomic E-state index is 0.307. The van der Waals surface area contributed by atoms with E-state index < -0.39 is 0 Å². The molecule has 0 saturated heterocycles. The van der Waals surface area contributed by atoms with Gasteiger partial charge in [-0.05, 0) is 31.2 Å². The van der Waals surface area contributed by atoms with Crippen molar-refractivity contribution >= 4 is 10.8 Å². The number of aromatic hydroxyl groups is 2. The Morgan fingerprint density at radius 3 is 2.23 bits per heavy atom. The number of fused-ring (bicyclic) bond motifs is 1. The lowest BCUT2D eigenvalue weighted by Crippen LogP contribution is -2.00. The third-order valence-electron chi connectivity index (χ3n) is 4.72. The first kappa shape index (κ1) is 16.7. The first-order valence-electron chi connectivity index (χ1n) is 8.48. The highest BCUT2D eigenvalue weighted by Gasteiger charge is 2.16. The Morgan fingerprint density at radius 1 is 0.955 bits per heavy atom. The van der Waals surface area contributed by atoms with Gasteiger partial charge in [0.05, 0.1) is 0 Å². The van der Waals surface area contributed by atoms with Gasteiger partial charge in [-0.25, -0.2) is 0 Å². The van der Waals surface area contributed by atoms with Crippen LogP contribution in [0.5, 0.6) is 11.5 Å². The van der Waals surface area contributed by atoms with Crippen molar-refractivity contribution in [1.82, 2.24) is 0 Å². The van der Waals surface area contributed by atoms with Crippen molar-refractivity contribution in [2.45, 2.75) is 59.3 Å². The van der Waals surface area contributed by atoms with Gasteiger partial charge in [-0.2, -0.15) is 0 Å². The fourth-order valence-electron chi connectivity index (χ4n) is 3.16. The van der Waals surface area contributed by atoms with Gasteiger partial charge in [-0.3, -0.25) is 0 Å². The lowest BCUT2D eigenvalue weighted by atomic mass is 9.91. The Hall–Kier alpha value is -1.70. The molecule has 0 aromatic heterocycles. The molecule has 0 aliphatic heterocycles. The van der Waals surface area contributed by atoms with E-state index in [2.05, 4.69) is 13.8 Å². The van der Waals surface area contributed by atoms with Crippen molar-refractivity contribution in [2.24, 2.45) is 5.92 Å². The first-order chi connectivity index (χ1) is 10.6. The van der Waals surface area contributed by atoms with E-state index in [1.807, 2.05) is 31.2 Å². The van der Waals surface area contributed by atoms with Gasteiger partial charge >= 0.3 is 0 Å². The van der Waals surface area contributed by atoms with Crippen LogP contribution in [0.25, 0.3) is 10.8 Å². The van der Waals surface area contributed by atoms with Crippen LogP contribution in [0.2, 0.25) is 0 Å². The highest BCUT2D eigenvalue weighted by atomic mass is 16.3. The van der Waals surface area contributed by atoms with Crippen molar-refractivity contribution in [1.29, 1.82) is 0 Å². The third-order valence-corrected chi connectivity index (χ3v) is 4.72. The predicted octanol–water partition coefficient (Wildman–Crippen LogP) is 5.71. The van der Waals surface area contributed by atoms with Gasteiger partial charge in [-0.15, -0.1) is 0 Å². The van der Waals surface area contributed by atoms with Crippen molar-refractivity contribution in [2.75, 3.05) is 0 Å². The molecule has 2 rings (SSSR count). The number of hydrogen-bond acceptors (Lipinski definition) is 2. The molecule has 0 saturated carbocycles. The third kappa shape index (κ3) is 3.55. The summed E-state index contributed by atoms with van der Waals surface area (Å²) in [5.41, 5.74) is 1.72. The number of hydrogen-bond donors (Lipinski definition) is 2. The number of phenolic OH excluding ortho intramolecular Hbond substituents is 2. The van der Waals surface area contributed by atoms with Crippen LogP contribution in [0, 0.1) is 12.8 Å². The molecule has 2 aromatic carbocycles. The molecule has 22 heavy (non-hydrogen) atoms. The van der Waals surface area contributed by atoms with Crippen LogP contribution in [0.4, 0.5) is 0 Å². The van der Waals surface area contributed by atoms with Crippen LogP contribution >= 0.6 is 0 Å². The van der Waals surface area contributed by atoms with Crippen molar-refractivity contribution < 1.29 is 10.2 Å².